The van der Waals surface area contributed by atoms with Crippen LogP contribution in [0.1, 0.15) is 88.1 Å². The zero-order valence-electron chi connectivity index (χ0n) is 27.0. The standard InChI is InChI=1S/C11H16O2.C11H14O.C8H10.3C2H6/c1-10-4-6-11(7-5-10)13-9-3-8-12-2;1-9-3-2-4-10(7-9)11-5-6-12-8-11;1-7-4-3-5-8(2)6-7;3*1-2/h4-7H,3,8-9H2,1-2H3;2-4,7,11H,5-6,8H2,1H3;3-6H,1-2H3;3*1-2H3. The summed E-state index contributed by atoms with van der Waals surface area (Å²) in [5.41, 5.74) is 6.71. The van der Waals surface area contributed by atoms with Crippen LogP contribution in [-0.2, 0) is 9.47 Å². The second-order valence-corrected chi connectivity index (χ2v) is 8.64. The molecular weight excluding hydrogens is 480 g/mol. The van der Waals surface area contributed by atoms with E-state index in [9.17, 15) is 0 Å². The SMILES string of the molecule is CC.CC.CC.COCCCOc1ccc(C)cc1.Cc1cccc(C)c1.Cc1cccc(C2CCOC2)c1. The molecule has 0 amide bonds. The Morgan fingerprint density at radius 3 is 1.64 bits per heavy atom. The fraction of sp³-hybridized carbons (Fsp3) is 0.500. The molecule has 3 aromatic rings. The fourth-order valence-electron chi connectivity index (χ4n) is 3.56. The summed E-state index contributed by atoms with van der Waals surface area (Å²) in [6.45, 7) is 23.7. The minimum Gasteiger partial charge on any atom is -0.494 e. The van der Waals surface area contributed by atoms with Gasteiger partial charge in [-0.2, -0.15) is 0 Å². The van der Waals surface area contributed by atoms with E-state index >= 15 is 0 Å². The maximum absolute atomic E-state index is 5.48. The normalized spacial score (nSPS) is 12.7. The van der Waals surface area contributed by atoms with Crippen LogP contribution in [0.2, 0.25) is 0 Å². The van der Waals surface area contributed by atoms with E-state index < -0.39 is 0 Å². The van der Waals surface area contributed by atoms with Gasteiger partial charge in [-0.25, -0.2) is 0 Å². The third-order valence-electron chi connectivity index (χ3n) is 5.40. The van der Waals surface area contributed by atoms with Crippen LogP contribution in [0.25, 0.3) is 0 Å². The number of benzene rings is 3. The lowest BCUT2D eigenvalue weighted by Crippen LogP contribution is -2.00. The van der Waals surface area contributed by atoms with Crippen LogP contribution >= 0.6 is 0 Å². The van der Waals surface area contributed by atoms with E-state index in [0.717, 1.165) is 38.6 Å². The van der Waals surface area contributed by atoms with Gasteiger partial charge in [0.25, 0.3) is 0 Å². The first-order chi connectivity index (χ1) is 19.0. The molecule has 0 radical (unpaired) electrons. The van der Waals surface area contributed by atoms with Gasteiger partial charge in [0.1, 0.15) is 5.75 Å². The van der Waals surface area contributed by atoms with Gasteiger partial charge in [-0.3, -0.25) is 0 Å². The Bertz CT molecular complexity index is 895. The lowest BCUT2D eigenvalue weighted by molar-refractivity contribution is 0.172. The van der Waals surface area contributed by atoms with Gasteiger partial charge in [-0.05, 0) is 51.8 Å². The smallest absolute Gasteiger partial charge is 0.119 e. The van der Waals surface area contributed by atoms with Crippen LogP contribution in [0.3, 0.4) is 0 Å². The Balaban J connectivity index is 0. The molecule has 0 aliphatic carbocycles. The number of methoxy groups -OCH3 is 1. The minimum absolute atomic E-state index is 0.643. The van der Waals surface area contributed by atoms with Gasteiger partial charge < -0.3 is 14.2 Å². The highest BCUT2D eigenvalue weighted by atomic mass is 16.5. The molecule has 3 nitrogen and oxygen atoms in total. The van der Waals surface area contributed by atoms with Gasteiger partial charge in [-0.1, -0.05) is 124 Å². The highest BCUT2D eigenvalue weighted by Crippen LogP contribution is 2.25. The molecule has 0 bridgehead atoms. The molecule has 1 unspecified atom stereocenters. The summed E-state index contributed by atoms with van der Waals surface area (Å²) in [6.07, 6.45) is 2.12. The number of hydrogen-bond acceptors (Lipinski definition) is 3. The molecule has 1 aliphatic rings. The molecule has 1 fully saturated rings. The van der Waals surface area contributed by atoms with Crippen molar-refractivity contribution in [1.29, 1.82) is 0 Å². The summed E-state index contributed by atoms with van der Waals surface area (Å²) in [5.74, 6) is 1.58. The second kappa shape index (κ2) is 27.0. The summed E-state index contributed by atoms with van der Waals surface area (Å²) < 4.78 is 15.8. The van der Waals surface area contributed by atoms with Gasteiger partial charge in [-0.15, -0.1) is 0 Å². The Hall–Kier alpha value is -2.62. The molecule has 1 saturated heterocycles. The Labute approximate surface area is 241 Å². The van der Waals surface area contributed by atoms with Crippen molar-refractivity contribution in [2.45, 2.75) is 88.0 Å². The number of ether oxygens (including phenoxy) is 3. The Morgan fingerprint density at radius 1 is 0.667 bits per heavy atom. The van der Waals surface area contributed by atoms with E-state index in [1.54, 1.807) is 7.11 Å². The third kappa shape index (κ3) is 20.0. The molecule has 1 aliphatic heterocycles. The molecule has 0 spiro atoms. The van der Waals surface area contributed by atoms with Crippen molar-refractivity contribution in [3.63, 3.8) is 0 Å². The van der Waals surface area contributed by atoms with E-state index in [0.29, 0.717) is 5.92 Å². The van der Waals surface area contributed by atoms with Gasteiger partial charge in [0, 0.05) is 32.7 Å². The van der Waals surface area contributed by atoms with Gasteiger partial charge in [0.05, 0.1) is 13.2 Å². The lowest BCUT2D eigenvalue weighted by atomic mass is 9.97. The highest BCUT2D eigenvalue weighted by molar-refractivity contribution is 5.27. The first-order valence-electron chi connectivity index (χ1n) is 14.8. The first kappa shape index (κ1) is 38.5. The number of hydrogen-bond donors (Lipinski definition) is 0. The van der Waals surface area contributed by atoms with E-state index in [2.05, 4.69) is 76.2 Å². The molecule has 220 valence electrons. The number of aryl methyl sites for hydroxylation is 4. The van der Waals surface area contributed by atoms with Crippen molar-refractivity contribution in [3.05, 3.63) is 101 Å². The van der Waals surface area contributed by atoms with E-state index in [1.165, 1.54) is 34.2 Å². The first-order valence-corrected chi connectivity index (χ1v) is 14.8. The average molecular weight is 539 g/mol. The summed E-state index contributed by atoms with van der Waals surface area (Å²) in [6, 6.07) is 25.3. The molecule has 0 aromatic heterocycles. The van der Waals surface area contributed by atoms with Gasteiger partial charge in [0.2, 0.25) is 0 Å². The van der Waals surface area contributed by atoms with Crippen molar-refractivity contribution in [3.8, 4) is 5.75 Å². The molecule has 4 rings (SSSR count). The number of rotatable bonds is 6. The summed E-state index contributed by atoms with van der Waals surface area (Å²) in [5, 5.41) is 0. The Kier molecular flexibility index (Phi) is 26.6. The van der Waals surface area contributed by atoms with Crippen molar-refractivity contribution in [1.82, 2.24) is 0 Å². The molecule has 1 atom stereocenters. The summed E-state index contributed by atoms with van der Waals surface area (Å²) in [7, 11) is 1.70. The molecule has 0 saturated carbocycles. The van der Waals surface area contributed by atoms with Crippen molar-refractivity contribution < 1.29 is 14.2 Å². The van der Waals surface area contributed by atoms with Crippen molar-refractivity contribution in [2.75, 3.05) is 33.5 Å². The van der Waals surface area contributed by atoms with Crippen LogP contribution < -0.4 is 4.74 Å². The summed E-state index contributed by atoms with van der Waals surface area (Å²) in [4.78, 5) is 0. The van der Waals surface area contributed by atoms with Crippen LogP contribution in [0.15, 0.2) is 72.8 Å². The monoisotopic (exact) mass is 538 g/mol. The van der Waals surface area contributed by atoms with E-state index in [1.807, 2.05) is 65.8 Å². The molecular formula is C36H58O3. The quantitative estimate of drug-likeness (QED) is 0.292. The van der Waals surface area contributed by atoms with Crippen molar-refractivity contribution >= 4 is 0 Å². The molecule has 1 heterocycles. The van der Waals surface area contributed by atoms with E-state index in [4.69, 9.17) is 14.2 Å². The minimum atomic E-state index is 0.643. The predicted molar refractivity (Wildman–Crippen MR) is 172 cm³/mol. The maximum Gasteiger partial charge on any atom is 0.119 e. The highest BCUT2D eigenvalue weighted by Gasteiger charge is 2.17. The summed E-state index contributed by atoms with van der Waals surface area (Å²) >= 11 is 0. The topological polar surface area (TPSA) is 27.7 Å². The average Bonchev–Trinajstić information content (AvgIpc) is 3.52. The molecule has 3 heteroatoms. The third-order valence-corrected chi connectivity index (χ3v) is 5.40. The predicted octanol–water partition coefficient (Wildman–Crippen LogP) is 10.3. The van der Waals surface area contributed by atoms with Gasteiger partial charge >= 0.3 is 0 Å². The van der Waals surface area contributed by atoms with Crippen LogP contribution in [-0.4, -0.2) is 33.5 Å². The largest absolute Gasteiger partial charge is 0.494 e. The molecule has 0 N–H and O–H groups in total. The zero-order chi connectivity index (χ0) is 29.9. The van der Waals surface area contributed by atoms with Crippen molar-refractivity contribution in [2.24, 2.45) is 0 Å². The molecule has 3 aromatic carbocycles. The maximum atomic E-state index is 5.48. The van der Waals surface area contributed by atoms with Crippen LogP contribution in [0, 0.1) is 27.7 Å². The second-order valence-electron chi connectivity index (χ2n) is 8.64. The van der Waals surface area contributed by atoms with Gasteiger partial charge in [0.15, 0.2) is 0 Å². The zero-order valence-corrected chi connectivity index (χ0v) is 27.0. The van der Waals surface area contributed by atoms with Crippen LogP contribution in [0.5, 0.6) is 5.75 Å². The Morgan fingerprint density at radius 2 is 1.21 bits per heavy atom. The van der Waals surface area contributed by atoms with Crippen LogP contribution in [0.4, 0.5) is 0 Å². The lowest BCUT2D eigenvalue weighted by Gasteiger charge is -2.07. The fourth-order valence-corrected chi connectivity index (χ4v) is 3.56. The van der Waals surface area contributed by atoms with E-state index in [-0.39, 0.29) is 0 Å². The molecule has 39 heavy (non-hydrogen) atoms.